The number of amides is 1. The maximum Gasteiger partial charge on any atom is 0.223 e. The molecule has 94 valence electrons. The molecule has 1 amide bonds. The van der Waals surface area contributed by atoms with Gasteiger partial charge in [-0.15, -0.1) is 11.3 Å². The molecule has 2 unspecified atom stereocenters. The molecule has 0 bridgehead atoms. The summed E-state index contributed by atoms with van der Waals surface area (Å²) in [6, 6.07) is 2.21. The predicted molar refractivity (Wildman–Crippen MR) is 74.1 cm³/mol. The van der Waals surface area contributed by atoms with Gasteiger partial charge >= 0.3 is 0 Å². The molecule has 1 aromatic rings. The second-order valence-corrected chi connectivity index (χ2v) is 6.52. The van der Waals surface area contributed by atoms with Crippen molar-refractivity contribution in [1.82, 2.24) is 4.90 Å². The fourth-order valence-corrected chi connectivity index (χ4v) is 4.09. The van der Waals surface area contributed by atoms with Crippen LogP contribution in [0, 0.1) is 6.92 Å². The molecule has 1 aliphatic heterocycles. The summed E-state index contributed by atoms with van der Waals surface area (Å²) in [5.74, 6) is 0.223. The molecule has 2 N–H and O–H groups in total. The second kappa shape index (κ2) is 5.08. The van der Waals surface area contributed by atoms with Crippen molar-refractivity contribution in [2.75, 3.05) is 6.54 Å². The molecule has 2 rings (SSSR count). The summed E-state index contributed by atoms with van der Waals surface area (Å²) in [5, 5.41) is 0. The third-order valence-corrected chi connectivity index (χ3v) is 5.47. The van der Waals surface area contributed by atoms with Crippen LogP contribution in [-0.4, -0.2) is 23.4 Å². The number of carbonyl (C=O) groups is 1. The Labute approximate surface area is 114 Å². The number of piperidine rings is 1. The van der Waals surface area contributed by atoms with Crippen molar-refractivity contribution in [3.63, 3.8) is 0 Å². The number of nitrogens with two attached hydrogens (primary N) is 1. The third-order valence-electron chi connectivity index (χ3n) is 3.26. The fourth-order valence-electron chi connectivity index (χ4n) is 2.34. The largest absolute Gasteiger partial charge is 0.334 e. The summed E-state index contributed by atoms with van der Waals surface area (Å²) in [5.41, 5.74) is 6.20. The maximum absolute atomic E-state index is 11.9. The van der Waals surface area contributed by atoms with Crippen LogP contribution >= 0.6 is 27.3 Å². The van der Waals surface area contributed by atoms with E-state index in [4.69, 9.17) is 5.73 Å². The van der Waals surface area contributed by atoms with Crippen molar-refractivity contribution in [1.29, 1.82) is 0 Å². The number of carbonyl (C=O) groups excluding carboxylic acids is 1. The lowest BCUT2D eigenvalue weighted by Gasteiger charge is -2.38. The van der Waals surface area contributed by atoms with Crippen LogP contribution in [0.3, 0.4) is 0 Å². The Morgan fingerprint density at radius 1 is 1.65 bits per heavy atom. The Balaban J connectivity index is 2.35. The first-order valence-corrected chi connectivity index (χ1v) is 7.46. The number of thiophene rings is 1. The number of halogens is 1. The number of aryl methyl sites for hydroxylation is 1. The van der Waals surface area contributed by atoms with E-state index in [1.165, 1.54) is 9.75 Å². The van der Waals surface area contributed by atoms with Crippen LogP contribution in [0.15, 0.2) is 10.5 Å². The van der Waals surface area contributed by atoms with Gasteiger partial charge in [-0.25, -0.2) is 0 Å². The molecule has 0 aromatic carbocycles. The van der Waals surface area contributed by atoms with E-state index >= 15 is 0 Å². The van der Waals surface area contributed by atoms with Crippen LogP contribution in [-0.2, 0) is 4.79 Å². The molecule has 2 heterocycles. The van der Waals surface area contributed by atoms with E-state index < -0.39 is 0 Å². The van der Waals surface area contributed by atoms with Gasteiger partial charge in [0.25, 0.3) is 0 Å². The van der Waals surface area contributed by atoms with Crippen LogP contribution in [0.5, 0.6) is 0 Å². The van der Waals surface area contributed by atoms with Crippen molar-refractivity contribution < 1.29 is 4.79 Å². The van der Waals surface area contributed by atoms with E-state index in [-0.39, 0.29) is 18.0 Å². The number of rotatable bonds is 2. The van der Waals surface area contributed by atoms with Gasteiger partial charge in [0.05, 0.1) is 6.04 Å². The summed E-state index contributed by atoms with van der Waals surface area (Å²) in [7, 11) is 0. The molecule has 0 aliphatic carbocycles. The smallest absolute Gasteiger partial charge is 0.223 e. The summed E-state index contributed by atoms with van der Waals surface area (Å²) < 4.78 is 1.11. The van der Waals surface area contributed by atoms with Gasteiger partial charge in [0, 0.05) is 33.2 Å². The molecule has 2 atom stereocenters. The summed E-state index contributed by atoms with van der Waals surface area (Å²) in [6.07, 6.45) is 1.37. The molecule has 5 heteroatoms. The van der Waals surface area contributed by atoms with Crippen LogP contribution in [0.4, 0.5) is 0 Å². The van der Waals surface area contributed by atoms with Gasteiger partial charge in [0.1, 0.15) is 0 Å². The van der Waals surface area contributed by atoms with Gasteiger partial charge in [0.15, 0.2) is 0 Å². The maximum atomic E-state index is 11.9. The van der Waals surface area contributed by atoms with E-state index in [1.54, 1.807) is 11.3 Å². The highest BCUT2D eigenvalue weighted by atomic mass is 79.9. The van der Waals surface area contributed by atoms with Gasteiger partial charge < -0.3 is 10.6 Å². The molecule has 1 aromatic heterocycles. The van der Waals surface area contributed by atoms with Crippen molar-refractivity contribution in [2.24, 2.45) is 5.73 Å². The first-order valence-electron chi connectivity index (χ1n) is 5.85. The summed E-state index contributed by atoms with van der Waals surface area (Å²) in [6.45, 7) is 4.81. The third kappa shape index (κ3) is 2.41. The van der Waals surface area contributed by atoms with Gasteiger partial charge in [-0.05, 0) is 42.3 Å². The zero-order valence-electron chi connectivity index (χ0n) is 10.1. The Bertz CT molecular complexity index is 413. The van der Waals surface area contributed by atoms with Crippen molar-refractivity contribution in [2.45, 2.75) is 38.8 Å². The molecule has 1 saturated heterocycles. The van der Waals surface area contributed by atoms with Crippen molar-refractivity contribution in [3.05, 3.63) is 20.3 Å². The van der Waals surface area contributed by atoms with Crippen LogP contribution in [0.25, 0.3) is 0 Å². The number of likely N-dealkylation sites (N-methyl/N-ethyl adjacent to an activating group) is 1. The van der Waals surface area contributed by atoms with Crippen molar-refractivity contribution in [3.8, 4) is 0 Å². The normalized spacial score (nSPS) is 25.4. The molecule has 0 saturated carbocycles. The number of hydrogen-bond donors (Lipinski definition) is 1. The van der Waals surface area contributed by atoms with Crippen LogP contribution in [0.2, 0.25) is 0 Å². The predicted octanol–water partition coefficient (Wildman–Crippen LogP) is 2.83. The standard InChI is InChI=1S/C12H17BrN2OS/c1-3-15-11(16)5-4-9(14)12(15)10-6-8(13)7(2)17-10/h6,9,12H,3-5,14H2,1-2H3. The van der Waals surface area contributed by atoms with E-state index in [0.29, 0.717) is 6.42 Å². The zero-order valence-corrected chi connectivity index (χ0v) is 12.5. The quantitative estimate of drug-likeness (QED) is 0.912. The second-order valence-electron chi connectivity index (χ2n) is 4.38. The number of nitrogens with zero attached hydrogens (tertiary/aromatic N) is 1. The van der Waals surface area contributed by atoms with E-state index in [2.05, 4.69) is 28.9 Å². The Kier molecular flexibility index (Phi) is 3.90. The van der Waals surface area contributed by atoms with Gasteiger partial charge in [-0.2, -0.15) is 0 Å². The average molecular weight is 317 g/mol. The lowest BCUT2D eigenvalue weighted by Crippen LogP contribution is -2.48. The van der Waals surface area contributed by atoms with Gasteiger partial charge in [0.2, 0.25) is 5.91 Å². The first-order chi connectivity index (χ1) is 8.04. The first kappa shape index (κ1) is 13.1. The number of hydrogen-bond acceptors (Lipinski definition) is 3. The van der Waals surface area contributed by atoms with Crippen LogP contribution in [0.1, 0.15) is 35.6 Å². The van der Waals surface area contributed by atoms with Crippen LogP contribution < -0.4 is 5.73 Å². The molecular weight excluding hydrogens is 300 g/mol. The number of likely N-dealkylation sites (tertiary alicyclic amines) is 1. The molecule has 17 heavy (non-hydrogen) atoms. The topological polar surface area (TPSA) is 46.3 Å². The molecule has 0 radical (unpaired) electrons. The van der Waals surface area contributed by atoms with E-state index in [0.717, 1.165) is 17.4 Å². The van der Waals surface area contributed by atoms with Gasteiger partial charge in [-0.1, -0.05) is 0 Å². The lowest BCUT2D eigenvalue weighted by atomic mass is 9.95. The zero-order chi connectivity index (χ0) is 12.6. The SMILES string of the molecule is CCN1C(=O)CCC(N)C1c1cc(Br)c(C)s1. The molecule has 3 nitrogen and oxygen atoms in total. The Hall–Kier alpha value is -0.390. The minimum absolute atomic E-state index is 0.0521. The Morgan fingerprint density at radius 3 is 2.88 bits per heavy atom. The highest BCUT2D eigenvalue weighted by Crippen LogP contribution is 2.37. The fraction of sp³-hybridized carbons (Fsp3) is 0.583. The highest BCUT2D eigenvalue weighted by Gasteiger charge is 2.34. The summed E-state index contributed by atoms with van der Waals surface area (Å²) >= 11 is 5.25. The average Bonchev–Trinajstić information content (AvgIpc) is 2.61. The molecule has 1 fully saturated rings. The lowest BCUT2D eigenvalue weighted by molar-refractivity contribution is -0.136. The minimum atomic E-state index is 0.0521. The molecule has 0 spiro atoms. The molecular formula is C12H17BrN2OS. The van der Waals surface area contributed by atoms with E-state index in [1.807, 2.05) is 11.8 Å². The summed E-state index contributed by atoms with van der Waals surface area (Å²) in [4.78, 5) is 16.2. The van der Waals surface area contributed by atoms with Crippen molar-refractivity contribution >= 4 is 33.2 Å². The van der Waals surface area contributed by atoms with E-state index in [9.17, 15) is 4.79 Å². The Morgan fingerprint density at radius 2 is 2.35 bits per heavy atom. The minimum Gasteiger partial charge on any atom is -0.334 e. The molecule has 1 aliphatic rings. The highest BCUT2D eigenvalue weighted by molar-refractivity contribution is 9.10. The monoisotopic (exact) mass is 316 g/mol. The van der Waals surface area contributed by atoms with Gasteiger partial charge in [-0.3, -0.25) is 4.79 Å².